The van der Waals surface area contributed by atoms with Crippen molar-refractivity contribution in [1.82, 2.24) is 0 Å². The van der Waals surface area contributed by atoms with E-state index in [1.165, 1.54) is 12.1 Å². The van der Waals surface area contributed by atoms with E-state index in [1.807, 2.05) is 12.1 Å². The maximum Gasteiger partial charge on any atom is 0.143 e. The van der Waals surface area contributed by atoms with Crippen molar-refractivity contribution in [3.05, 3.63) is 59.9 Å². The van der Waals surface area contributed by atoms with Crippen molar-refractivity contribution in [2.45, 2.75) is 0 Å². The van der Waals surface area contributed by atoms with E-state index in [0.717, 1.165) is 0 Å². The van der Waals surface area contributed by atoms with Crippen LogP contribution in [-0.2, 0) is 0 Å². The highest BCUT2D eigenvalue weighted by molar-refractivity contribution is 5.47. The zero-order chi connectivity index (χ0) is 12.8. The molecule has 2 rings (SSSR count). The van der Waals surface area contributed by atoms with Crippen molar-refractivity contribution in [3.8, 4) is 23.3 Å². The molecule has 0 saturated heterocycles. The number of aliphatic hydroxyl groups excluding tert-OH is 1. The molecule has 0 radical (unpaired) electrons. The second kappa shape index (κ2) is 5.85. The maximum atomic E-state index is 12.8. The molecular weight excluding hydrogens is 231 g/mol. The fourth-order valence-corrected chi connectivity index (χ4v) is 1.42. The Kier molecular flexibility index (Phi) is 3.95. The van der Waals surface area contributed by atoms with E-state index in [4.69, 9.17) is 9.84 Å². The van der Waals surface area contributed by atoms with Crippen molar-refractivity contribution in [1.29, 1.82) is 0 Å². The first-order valence-electron chi connectivity index (χ1n) is 5.42. The Hall–Kier alpha value is -2.31. The minimum absolute atomic E-state index is 0.203. The van der Waals surface area contributed by atoms with Gasteiger partial charge in [0.2, 0.25) is 0 Å². The van der Waals surface area contributed by atoms with Gasteiger partial charge in [0.25, 0.3) is 0 Å². The topological polar surface area (TPSA) is 29.5 Å². The molecule has 0 bridgehead atoms. The highest BCUT2D eigenvalue weighted by Gasteiger charge is 2.02. The van der Waals surface area contributed by atoms with Gasteiger partial charge in [-0.05, 0) is 36.4 Å². The van der Waals surface area contributed by atoms with E-state index < -0.39 is 0 Å². The van der Waals surface area contributed by atoms with Crippen LogP contribution >= 0.6 is 0 Å². The number of halogens is 1. The molecule has 2 aromatic carbocycles. The Morgan fingerprint density at radius 3 is 2.50 bits per heavy atom. The summed E-state index contributed by atoms with van der Waals surface area (Å²) in [6.07, 6.45) is 0. The summed E-state index contributed by atoms with van der Waals surface area (Å²) in [4.78, 5) is 0. The van der Waals surface area contributed by atoms with Crippen molar-refractivity contribution in [3.63, 3.8) is 0 Å². The number of rotatable bonds is 2. The molecule has 3 heteroatoms. The predicted octanol–water partition coefficient (Wildman–Crippen LogP) is 2.96. The van der Waals surface area contributed by atoms with Crippen LogP contribution in [0.15, 0.2) is 48.5 Å². The van der Waals surface area contributed by atoms with Crippen LogP contribution < -0.4 is 4.74 Å². The van der Waals surface area contributed by atoms with Crippen LogP contribution in [0.2, 0.25) is 0 Å². The van der Waals surface area contributed by atoms with E-state index in [0.29, 0.717) is 17.1 Å². The van der Waals surface area contributed by atoms with Crippen LogP contribution in [0.1, 0.15) is 5.56 Å². The molecular formula is C15H11FO2. The molecule has 0 spiro atoms. The van der Waals surface area contributed by atoms with E-state index in [9.17, 15) is 4.39 Å². The van der Waals surface area contributed by atoms with Gasteiger partial charge in [-0.15, -0.1) is 0 Å². The van der Waals surface area contributed by atoms with Gasteiger partial charge in [-0.3, -0.25) is 0 Å². The molecule has 0 atom stereocenters. The van der Waals surface area contributed by atoms with Crippen LogP contribution in [0.3, 0.4) is 0 Å². The Morgan fingerprint density at radius 2 is 1.78 bits per heavy atom. The molecule has 90 valence electrons. The standard InChI is InChI=1S/C15H11FO2/c16-13-7-9-14(10-8-13)18-15-6-2-1-4-12(15)5-3-11-17/h1-2,4,6-10,17H,11H2. The summed E-state index contributed by atoms with van der Waals surface area (Å²) in [6.45, 7) is -0.203. The lowest BCUT2D eigenvalue weighted by Crippen LogP contribution is -1.88. The minimum atomic E-state index is -0.310. The van der Waals surface area contributed by atoms with Crippen molar-refractivity contribution < 1.29 is 14.2 Å². The van der Waals surface area contributed by atoms with Gasteiger partial charge in [0.15, 0.2) is 0 Å². The number of hydrogen-bond donors (Lipinski definition) is 1. The fraction of sp³-hybridized carbons (Fsp3) is 0.0667. The number of ether oxygens (including phenoxy) is 1. The van der Waals surface area contributed by atoms with Gasteiger partial charge in [-0.1, -0.05) is 24.0 Å². The zero-order valence-corrected chi connectivity index (χ0v) is 9.56. The quantitative estimate of drug-likeness (QED) is 0.820. The molecule has 0 unspecified atom stereocenters. The second-order valence-electron chi connectivity index (χ2n) is 3.51. The van der Waals surface area contributed by atoms with Crippen LogP contribution in [0, 0.1) is 17.7 Å². The molecule has 0 aliphatic rings. The third-order valence-corrected chi connectivity index (χ3v) is 2.23. The molecule has 0 amide bonds. The Labute approximate surface area is 105 Å². The van der Waals surface area contributed by atoms with Gasteiger partial charge in [0.05, 0.1) is 5.56 Å². The molecule has 0 aromatic heterocycles. The largest absolute Gasteiger partial charge is 0.456 e. The summed E-state index contributed by atoms with van der Waals surface area (Å²) in [5.41, 5.74) is 0.677. The third kappa shape index (κ3) is 3.09. The zero-order valence-electron chi connectivity index (χ0n) is 9.56. The van der Waals surface area contributed by atoms with Crippen molar-refractivity contribution >= 4 is 0 Å². The molecule has 0 aliphatic carbocycles. The summed E-state index contributed by atoms with van der Waals surface area (Å²) < 4.78 is 18.4. The second-order valence-corrected chi connectivity index (χ2v) is 3.51. The summed E-state index contributed by atoms with van der Waals surface area (Å²) in [5, 5.41) is 8.68. The first kappa shape index (κ1) is 12.2. The van der Waals surface area contributed by atoms with Gasteiger partial charge in [0, 0.05) is 0 Å². The molecule has 2 aromatic rings. The molecule has 0 aliphatic heterocycles. The van der Waals surface area contributed by atoms with Gasteiger partial charge in [-0.25, -0.2) is 4.39 Å². The Morgan fingerprint density at radius 1 is 1.06 bits per heavy atom. The fourth-order valence-electron chi connectivity index (χ4n) is 1.42. The summed E-state index contributed by atoms with van der Waals surface area (Å²) in [6, 6.07) is 13.0. The maximum absolute atomic E-state index is 12.8. The Bertz CT molecular complexity index is 579. The van der Waals surface area contributed by atoms with Gasteiger partial charge in [-0.2, -0.15) is 0 Å². The number of hydrogen-bond acceptors (Lipinski definition) is 2. The number of para-hydroxylation sites is 1. The summed E-state index contributed by atoms with van der Waals surface area (Å²) in [5.74, 6) is 6.16. The highest BCUT2D eigenvalue weighted by atomic mass is 19.1. The lowest BCUT2D eigenvalue weighted by atomic mass is 10.2. The van der Waals surface area contributed by atoms with Crippen LogP contribution in [-0.4, -0.2) is 11.7 Å². The van der Waals surface area contributed by atoms with Gasteiger partial charge >= 0.3 is 0 Å². The number of benzene rings is 2. The first-order chi connectivity index (χ1) is 8.79. The van der Waals surface area contributed by atoms with Crippen LogP contribution in [0.5, 0.6) is 11.5 Å². The molecule has 0 fully saturated rings. The normalized spacial score (nSPS) is 9.44. The van der Waals surface area contributed by atoms with Gasteiger partial charge in [0.1, 0.15) is 23.9 Å². The van der Waals surface area contributed by atoms with Gasteiger partial charge < -0.3 is 9.84 Å². The van der Waals surface area contributed by atoms with E-state index in [1.54, 1.807) is 24.3 Å². The van der Waals surface area contributed by atoms with Crippen molar-refractivity contribution in [2.75, 3.05) is 6.61 Å². The Balaban J connectivity index is 2.26. The van der Waals surface area contributed by atoms with Crippen LogP contribution in [0.4, 0.5) is 4.39 Å². The molecule has 1 N–H and O–H groups in total. The monoisotopic (exact) mass is 242 g/mol. The molecule has 0 saturated carbocycles. The third-order valence-electron chi connectivity index (χ3n) is 2.23. The molecule has 18 heavy (non-hydrogen) atoms. The lowest BCUT2D eigenvalue weighted by molar-refractivity contribution is 0.350. The van der Waals surface area contributed by atoms with Crippen molar-refractivity contribution in [2.24, 2.45) is 0 Å². The first-order valence-corrected chi connectivity index (χ1v) is 5.42. The van der Waals surface area contributed by atoms with E-state index in [2.05, 4.69) is 11.8 Å². The van der Waals surface area contributed by atoms with Crippen LogP contribution in [0.25, 0.3) is 0 Å². The molecule has 0 heterocycles. The molecule has 2 nitrogen and oxygen atoms in total. The van der Waals surface area contributed by atoms with E-state index in [-0.39, 0.29) is 12.4 Å². The minimum Gasteiger partial charge on any atom is -0.456 e. The highest BCUT2D eigenvalue weighted by Crippen LogP contribution is 2.24. The summed E-state index contributed by atoms with van der Waals surface area (Å²) in [7, 11) is 0. The SMILES string of the molecule is OCC#Cc1ccccc1Oc1ccc(F)cc1. The lowest BCUT2D eigenvalue weighted by Gasteiger charge is -2.07. The number of aliphatic hydroxyl groups is 1. The van der Waals surface area contributed by atoms with E-state index >= 15 is 0 Å². The predicted molar refractivity (Wildman–Crippen MR) is 66.9 cm³/mol. The smallest absolute Gasteiger partial charge is 0.143 e. The average molecular weight is 242 g/mol. The summed E-state index contributed by atoms with van der Waals surface area (Å²) >= 11 is 0. The average Bonchev–Trinajstić information content (AvgIpc) is 2.40.